The van der Waals surface area contributed by atoms with E-state index in [1.165, 1.54) is 6.20 Å². The van der Waals surface area contributed by atoms with Crippen LogP contribution in [0.4, 0.5) is 0 Å². The molecule has 1 atom stereocenters. The Hall–Kier alpha value is -3.48. The van der Waals surface area contributed by atoms with Crippen LogP contribution in [-0.4, -0.2) is 25.7 Å². The van der Waals surface area contributed by atoms with Gasteiger partial charge in [-0.15, -0.1) is 0 Å². The van der Waals surface area contributed by atoms with Crippen molar-refractivity contribution in [1.82, 2.24) is 25.1 Å². The molecule has 4 aromatic rings. The number of aromatic amines is 1. The molecule has 4 rings (SSSR count). The van der Waals surface area contributed by atoms with Gasteiger partial charge >= 0.3 is 0 Å². The van der Waals surface area contributed by atoms with Crippen LogP contribution < -0.4 is 10.7 Å². The van der Waals surface area contributed by atoms with Gasteiger partial charge in [-0.25, -0.2) is 4.98 Å². The van der Waals surface area contributed by atoms with Crippen molar-refractivity contribution in [2.24, 2.45) is 5.92 Å². The minimum Gasteiger partial charge on any atom is -0.346 e. The summed E-state index contributed by atoms with van der Waals surface area (Å²) in [6.07, 6.45) is 1.55. The van der Waals surface area contributed by atoms with Gasteiger partial charge in [0.2, 0.25) is 11.3 Å². The van der Waals surface area contributed by atoms with Crippen LogP contribution in [0.2, 0.25) is 0 Å². The topological polar surface area (TPSA) is 92.7 Å². The van der Waals surface area contributed by atoms with E-state index < -0.39 is 0 Å². The molecule has 1 unspecified atom stereocenters. The van der Waals surface area contributed by atoms with Crippen molar-refractivity contribution in [2.75, 3.05) is 0 Å². The highest BCUT2D eigenvalue weighted by molar-refractivity contribution is 5.79. The first-order chi connectivity index (χ1) is 14.0. The van der Waals surface area contributed by atoms with Crippen LogP contribution in [0, 0.1) is 5.92 Å². The normalized spacial score (nSPS) is 12.5. The van der Waals surface area contributed by atoms with Crippen LogP contribution in [0.3, 0.4) is 0 Å². The number of para-hydroxylation sites is 3. The van der Waals surface area contributed by atoms with Gasteiger partial charge in [-0.05, 0) is 30.2 Å². The van der Waals surface area contributed by atoms with E-state index >= 15 is 0 Å². The second-order valence-corrected chi connectivity index (χ2v) is 7.43. The lowest BCUT2D eigenvalue weighted by Gasteiger charge is -2.20. The van der Waals surface area contributed by atoms with E-state index in [0.717, 1.165) is 22.4 Å². The zero-order valence-corrected chi connectivity index (χ0v) is 16.4. The molecule has 7 nitrogen and oxygen atoms in total. The number of aryl methyl sites for hydroxylation is 1. The van der Waals surface area contributed by atoms with Crippen LogP contribution in [0.15, 0.2) is 59.5 Å². The quantitative estimate of drug-likeness (QED) is 0.530. The van der Waals surface area contributed by atoms with Gasteiger partial charge in [-0.1, -0.05) is 38.1 Å². The molecule has 0 aliphatic carbocycles. The maximum Gasteiger partial charge on any atom is 0.222 e. The number of nitrogens with one attached hydrogen (secondary N) is 2. The summed E-state index contributed by atoms with van der Waals surface area (Å²) >= 11 is 0. The monoisotopic (exact) mass is 389 g/mol. The number of nitrogens with zero attached hydrogens (tertiary/aromatic N) is 3. The maximum absolute atomic E-state index is 12.7. The van der Waals surface area contributed by atoms with E-state index in [0.29, 0.717) is 11.9 Å². The van der Waals surface area contributed by atoms with E-state index in [1.54, 1.807) is 10.7 Å². The molecule has 29 heavy (non-hydrogen) atoms. The predicted molar refractivity (Wildman–Crippen MR) is 112 cm³/mol. The van der Waals surface area contributed by atoms with Crippen LogP contribution >= 0.6 is 0 Å². The van der Waals surface area contributed by atoms with Crippen molar-refractivity contribution >= 4 is 27.8 Å². The minimum atomic E-state index is -0.214. The summed E-state index contributed by atoms with van der Waals surface area (Å²) in [5.41, 5.74) is 2.44. The second-order valence-electron chi connectivity index (χ2n) is 7.43. The number of aromatic nitrogens is 4. The maximum atomic E-state index is 12.7. The zero-order chi connectivity index (χ0) is 20.4. The number of benzene rings is 2. The van der Waals surface area contributed by atoms with Gasteiger partial charge in [-0.2, -0.15) is 5.10 Å². The Morgan fingerprint density at radius 1 is 1.14 bits per heavy atom. The first-order valence-corrected chi connectivity index (χ1v) is 9.72. The molecule has 0 fully saturated rings. The number of fused-ring (bicyclic) bond motifs is 2. The molecule has 148 valence electrons. The first-order valence-electron chi connectivity index (χ1n) is 9.72. The fourth-order valence-corrected chi connectivity index (χ4v) is 3.46. The van der Waals surface area contributed by atoms with Gasteiger partial charge in [-0.3, -0.25) is 14.3 Å². The third kappa shape index (κ3) is 3.89. The fraction of sp³-hybridized carbons (Fsp3) is 0.273. The number of hydrogen-bond acceptors (Lipinski definition) is 4. The summed E-state index contributed by atoms with van der Waals surface area (Å²) in [5.74, 6) is 0.834. The largest absolute Gasteiger partial charge is 0.346 e. The van der Waals surface area contributed by atoms with Crippen molar-refractivity contribution in [3.05, 3.63) is 70.8 Å². The van der Waals surface area contributed by atoms with Crippen LogP contribution in [-0.2, 0) is 11.3 Å². The van der Waals surface area contributed by atoms with E-state index in [-0.39, 0.29) is 29.7 Å². The van der Waals surface area contributed by atoms with Crippen molar-refractivity contribution in [1.29, 1.82) is 0 Å². The minimum absolute atomic E-state index is 0.0891. The molecule has 0 aliphatic rings. The third-order valence-corrected chi connectivity index (χ3v) is 5.00. The number of amides is 1. The van der Waals surface area contributed by atoms with E-state index in [9.17, 15) is 9.59 Å². The summed E-state index contributed by atoms with van der Waals surface area (Å²) < 4.78 is 1.70. The average molecular weight is 389 g/mol. The molecular weight excluding hydrogens is 366 g/mol. The fourth-order valence-electron chi connectivity index (χ4n) is 3.46. The highest BCUT2D eigenvalue weighted by Gasteiger charge is 2.21. The molecule has 0 spiro atoms. The molecule has 0 saturated heterocycles. The number of rotatable bonds is 6. The van der Waals surface area contributed by atoms with Crippen LogP contribution in [0.1, 0.15) is 32.1 Å². The molecule has 2 aromatic carbocycles. The smallest absolute Gasteiger partial charge is 0.222 e. The number of carbonyl (C=O) groups is 1. The van der Waals surface area contributed by atoms with Crippen molar-refractivity contribution in [3.8, 4) is 0 Å². The Kier molecular flexibility index (Phi) is 5.12. The third-order valence-electron chi connectivity index (χ3n) is 5.00. The first kappa shape index (κ1) is 18.9. The van der Waals surface area contributed by atoms with Gasteiger partial charge in [0.05, 0.1) is 35.3 Å². The van der Waals surface area contributed by atoms with E-state index in [1.807, 2.05) is 42.5 Å². The lowest BCUT2D eigenvalue weighted by atomic mass is 10.0. The summed E-state index contributed by atoms with van der Waals surface area (Å²) in [6.45, 7) is 4.49. The predicted octanol–water partition coefficient (Wildman–Crippen LogP) is 3.18. The highest BCUT2D eigenvalue weighted by Crippen LogP contribution is 2.22. The summed E-state index contributed by atoms with van der Waals surface area (Å²) in [5, 5.41) is 7.88. The summed E-state index contributed by atoms with van der Waals surface area (Å²) in [7, 11) is 0. The Labute approximate surface area is 167 Å². The molecule has 2 N–H and O–H groups in total. The number of imidazole rings is 1. The van der Waals surface area contributed by atoms with Crippen molar-refractivity contribution in [2.45, 2.75) is 32.9 Å². The van der Waals surface area contributed by atoms with E-state index in [2.05, 4.69) is 34.2 Å². The van der Waals surface area contributed by atoms with Crippen LogP contribution in [0.25, 0.3) is 21.9 Å². The second kappa shape index (κ2) is 7.87. The Bertz CT molecular complexity index is 1190. The molecule has 7 heteroatoms. The summed E-state index contributed by atoms with van der Waals surface area (Å²) in [6, 6.07) is 14.9. The molecule has 2 aromatic heterocycles. The Morgan fingerprint density at radius 3 is 2.69 bits per heavy atom. The van der Waals surface area contributed by atoms with Crippen molar-refractivity contribution in [3.63, 3.8) is 0 Å². The molecular formula is C22H23N5O2. The molecule has 0 bridgehead atoms. The lowest BCUT2D eigenvalue weighted by molar-refractivity contribution is -0.122. The average Bonchev–Trinajstić information content (AvgIpc) is 3.15. The zero-order valence-electron chi connectivity index (χ0n) is 16.4. The SMILES string of the molecule is CC(C)C(NC(=O)CCn1ncc(=O)c2ccccc21)c1nc2ccccc2[nH]1. The van der Waals surface area contributed by atoms with Gasteiger partial charge in [0.25, 0.3) is 0 Å². The number of hydrogen-bond donors (Lipinski definition) is 2. The standard InChI is InChI=1S/C22H23N5O2/c1-14(2)21(22-24-16-8-4-5-9-17(16)25-22)26-20(29)11-12-27-18-10-6-3-7-15(18)19(28)13-23-27/h3-10,13-14,21H,11-12H2,1-2H3,(H,24,25)(H,26,29). The number of carbonyl (C=O) groups excluding carboxylic acids is 1. The summed E-state index contributed by atoms with van der Waals surface area (Å²) in [4.78, 5) is 32.6. The van der Waals surface area contributed by atoms with Gasteiger partial charge in [0, 0.05) is 11.8 Å². The van der Waals surface area contributed by atoms with Gasteiger partial charge in [0.1, 0.15) is 5.82 Å². The van der Waals surface area contributed by atoms with Crippen LogP contribution in [0.5, 0.6) is 0 Å². The van der Waals surface area contributed by atoms with Gasteiger partial charge in [0.15, 0.2) is 0 Å². The van der Waals surface area contributed by atoms with E-state index in [4.69, 9.17) is 0 Å². The molecule has 0 aliphatic heterocycles. The van der Waals surface area contributed by atoms with Gasteiger partial charge < -0.3 is 10.3 Å². The Morgan fingerprint density at radius 2 is 1.90 bits per heavy atom. The molecule has 0 saturated carbocycles. The Balaban J connectivity index is 1.49. The van der Waals surface area contributed by atoms with Crippen molar-refractivity contribution < 1.29 is 4.79 Å². The molecule has 0 radical (unpaired) electrons. The number of H-pyrrole nitrogens is 1. The molecule has 1 amide bonds. The lowest BCUT2D eigenvalue weighted by Crippen LogP contribution is -2.33. The highest BCUT2D eigenvalue weighted by atomic mass is 16.1. The molecule has 2 heterocycles.